The van der Waals surface area contributed by atoms with E-state index in [1.165, 1.54) is 18.2 Å². The molecular formula is C29H35F2NO5S. The van der Waals surface area contributed by atoms with Gasteiger partial charge in [0, 0.05) is 22.7 Å². The molecule has 0 bridgehead atoms. The van der Waals surface area contributed by atoms with Crippen LogP contribution in [0.2, 0.25) is 0 Å². The molecule has 6 aliphatic rings. The molecule has 6 rings (SSSR count). The summed E-state index contributed by atoms with van der Waals surface area (Å²) >= 11 is 0.879. The van der Waals surface area contributed by atoms with Crippen molar-refractivity contribution in [2.75, 3.05) is 5.75 Å². The fraction of sp³-hybridized carbons (Fsp3) is 0.759. The lowest BCUT2D eigenvalue weighted by Crippen LogP contribution is -2.70. The topological polar surface area (TPSA) is 96.6 Å². The van der Waals surface area contributed by atoms with Crippen molar-refractivity contribution >= 4 is 22.7 Å². The Hall–Kier alpha value is -1.60. The number of aliphatic hydroxyl groups excluding tert-OH is 1. The van der Waals surface area contributed by atoms with Crippen molar-refractivity contribution in [3.8, 4) is 6.07 Å². The normalized spacial score (nSPS) is 49.9. The highest BCUT2D eigenvalue weighted by atomic mass is 32.2. The lowest BCUT2D eigenvalue weighted by molar-refractivity contribution is -0.236. The highest BCUT2D eigenvalue weighted by Gasteiger charge is 2.80. The Kier molecular flexibility index (Phi) is 6.27. The summed E-state index contributed by atoms with van der Waals surface area (Å²) in [7, 11) is 0. The zero-order valence-corrected chi connectivity index (χ0v) is 22.6. The number of ketones is 1. The molecule has 0 aromatic heterocycles. The van der Waals surface area contributed by atoms with E-state index in [4.69, 9.17) is 9.47 Å². The molecule has 0 spiro atoms. The number of fused-ring (bicyclic) bond motifs is 7. The van der Waals surface area contributed by atoms with Gasteiger partial charge in [-0.3, -0.25) is 9.59 Å². The summed E-state index contributed by atoms with van der Waals surface area (Å²) in [6, 6.07) is 2.01. The molecule has 38 heavy (non-hydrogen) atoms. The van der Waals surface area contributed by atoms with Gasteiger partial charge in [-0.2, -0.15) is 5.26 Å². The second-order valence-corrected chi connectivity index (χ2v) is 13.5. The van der Waals surface area contributed by atoms with Crippen molar-refractivity contribution in [2.45, 2.75) is 101 Å². The van der Waals surface area contributed by atoms with Gasteiger partial charge in [0.1, 0.15) is 6.17 Å². The Labute approximate surface area is 226 Å². The molecule has 6 nitrogen and oxygen atoms in total. The predicted molar refractivity (Wildman–Crippen MR) is 136 cm³/mol. The van der Waals surface area contributed by atoms with Gasteiger partial charge in [-0.25, -0.2) is 8.78 Å². The molecule has 0 amide bonds. The second-order valence-electron chi connectivity index (χ2n) is 12.6. The van der Waals surface area contributed by atoms with Gasteiger partial charge >= 0.3 is 0 Å². The molecule has 4 saturated carbocycles. The fourth-order valence-electron chi connectivity index (χ4n) is 9.15. The third-order valence-electron chi connectivity index (χ3n) is 11.0. The second kappa shape index (κ2) is 8.95. The van der Waals surface area contributed by atoms with E-state index in [2.05, 4.69) is 0 Å². The van der Waals surface area contributed by atoms with Gasteiger partial charge in [0.2, 0.25) is 5.12 Å². The van der Waals surface area contributed by atoms with E-state index in [0.29, 0.717) is 6.42 Å². The molecule has 1 aliphatic heterocycles. The van der Waals surface area contributed by atoms with Gasteiger partial charge < -0.3 is 14.6 Å². The van der Waals surface area contributed by atoms with Crippen molar-refractivity contribution < 1.29 is 33.0 Å². The van der Waals surface area contributed by atoms with Crippen LogP contribution in [0.25, 0.3) is 0 Å². The minimum Gasteiger partial charge on any atom is -0.390 e. The molecular weight excluding hydrogens is 512 g/mol. The Morgan fingerprint density at radius 1 is 1.24 bits per heavy atom. The van der Waals surface area contributed by atoms with Crippen LogP contribution in [-0.2, 0) is 19.1 Å². The van der Waals surface area contributed by atoms with Gasteiger partial charge in [0.15, 0.2) is 23.3 Å². The number of thioether (sulfide) groups is 1. The molecule has 1 saturated heterocycles. The van der Waals surface area contributed by atoms with E-state index in [1.807, 2.05) is 13.0 Å². The summed E-state index contributed by atoms with van der Waals surface area (Å²) in [6.45, 7) is 3.43. The molecule has 5 aliphatic carbocycles. The quantitative estimate of drug-likeness (QED) is 0.544. The molecule has 206 valence electrons. The van der Waals surface area contributed by atoms with Gasteiger partial charge in [-0.1, -0.05) is 44.0 Å². The number of rotatable bonds is 3. The number of hydrogen-bond acceptors (Lipinski definition) is 7. The number of alkyl halides is 2. The van der Waals surface area contributed by atoms with Crippen molar-refractivity contribution in [3.63, 3.8) is 0 Å². The predicted octanol–water partition coefficient (Wildman–Crippen LogP) is 4.76. The van der Waals surface area contributed by atoms with Crippen molar-refractivity contribution in [2.24, 2.45) is 28.6 Å². The molecule has 1 N–H and O–H groups in total. The first-order valence-electron chi connectivity index (χ1n) is 13.9. The number of halogens is 2. The van der Waals surface area contributed by atoms with Gasteiger partial charge in [-0.15, -0.1) is 0 Å². The largest absolute Gasteiger partial charge is 0.390 e. The number of ether oxygens (including phenoxy) is 2. The SMILES string of the molecule is C[C@]12C=CC(=O)C=C1[C@@H](F)CC1C3C[C@H]4O[C@@H](C5CCCCC5)O[C@@]4(C(=O)SCC#N)[C@@]3(C)C[C@H](O)[C@@]12F. The molecule has 9 heteroatoms. The van der Waals surface area contributed by atoms with Crippen LogP contribution in [0.1, 0.15) is 65.2 Å². The number of carbonyl (C=O) groups excluding carboxylic acids is 2. The van der Waals surface area contributed by atoms with E-state index in [-0.39, 0.29) is 41.0 Å². The van der Waals surface area contributed by atoms with Crippen LogP contribution in [0.5, 0.6) is 0 Å². The first-order valence-corrected chi connectivity index (χ1v) is 14.8. The molecule has 1 heterocycles. The Bertz CT molecular complexity index is 1150. The lowest BCUT2D eigenvalue weighted by atomic mass is 9.44. The zero-order valence-electron chi connectivity index (χ0n) is 21.8. The minimum absolute atomic E-state index is 0.0534. The maximum Gasteiger partial charge on any atom is 0.225 e. The molecule has 10 atom stereocenters. The maximum absolute atomic E-state index is 17.5. The van der Waals surface area contributed by atoms with Crippen molar-refractivity contribution in [3.05, 3.63) is 23.8 Å². The van der Waals surface area contributed by atoms with E-state index in [1.54, 1.807) is 6.92 Å². The fourth-order valence-corrected chi connectivity index (χ4v) is 9.97. The Morgan fingerprint density at radius 2 is 1.97 bits per heavy atom. The summed E-state index contributed by atoms with van der Waals surface area (Å²) < 4.78 is 46.4. The third kappa shape index (κ3) is 3.27. The van der Waals surface area contributed by atoms with Crippen molar-refractivity contribution in [1.29, 1.82) is 5.26 Å². The summed E-state index contributed by atoms with van der Waals surface area (Å²) in [5, 5.41) is 20.5. The standard InChI is InChI=1S/C29H35F2NO5S/c1-26-9-8-17(33)12-20(26)21(30)13-19-18-14-23-29(25(35)38-11-10-32,27(18,2)15-22(34)28(19,26)31)37-24(36-23)16-6-4-3-5-7-16/h8-9,12,16,18-19,21-24,34H,3-7,11,13-15H2,1-2H3/t18?,19?,21-,22-,23+,24+,26-,27-,28-,29-/m0/s1. The molecule has 0 radical (unpaired) electrons. The van der Waals surface area contributed by atoms with E-state index < -0.39 is 58.6 Å². The average molecular weight is 548 g/mol. The van der Waals surface area contributed by atoms with Crippen LogP contribution in [0, 0.1) is 39.9 Å². The van der Waals surface area contributed by atoms with E-state index >= 15 is 8.78 Å². The Balaban J connectivity index is 1.42. The minimum atomic E-state index is -2.23. The van der Waals surface area contributed by atoms with Crippen LogP contribution in [0.3, 0.4) is 0 Å². The number of nitriles is 1. The molecule has 2 unspecified atom stereocenters. The van der Waals surface area contributed by atoms with E-state index in [9.17, 15) is 20.0 Å². The lowest BCUT2D eigenvalue weighted by Gasteiger charge is -2.63. The highest BCUT2D eigenvalue weighted by Crippen LogP contribution is 2.72. The Morgan fingerprint density at radius 3 is 2.68 bits per heavy atom. The number of allylic oxidation sites excluding steroid dienone is 4. The van der Waals surface area contributed by atoms with Crippen LogP contribution in [0.15, 0.2) is 23.8 Å². The summed E-state index contributed by atoms with van der Waals surface area (Å²) in [5.41, 5.74) is -6.11. The van der Waals surface area contributed by atoms with Crippen LogP contribution in [-0.4, -0.2) is 57.7 Å². The van der Waals surface area contributed by atoms with Crippen LogP contribution >= 0.6 is 11.8 Å². The monoisotopic (exact) mass is 547 g/mol. The van der Waals surface area contributed by atoms with Gasteiger partial charge in [-0.05, 0) is 62.7 Å². The number of nitrogens with zero attached hydrogens (tertiary/aromatic N) is 1. The number of carbonyl (C=O) groups is 2. The van der Waals surface area contributed by atoms with E-state index in [0.717, 1.165) is 43.9 Å². The number of aliphatic hydroxyl groups is 1. The summed E-state index contributed by atoms with van der Waals surface area (Å²) in [4.78, 5) is 26.0. The molecule has 0 aromatic rings. The average Bonchev–Trinajstić information content (AvgIpc) is 3.40. The van der Waals surface area contributed by atoms with Gasteiger partial charge in [0.25, 0.3) is 0 Å². The maximum atomic E-state index is 17.5. The first-order chi connectivity index (χ1) is 18.0. The zero-order chi connectivity index (χ0) is 27.1. The third-order valence-corrected chi connectivity index (χ3v) is 11.8. The smallest absolute Gasteiger partial charge is 0.225 e. The van der Waals surface area contributed by atoms with Crippen molar-refractivity contribution in [1.82, 2.24) is 0 Å². The summed E-state index contributed by atoms with van der Waals surface area (Å²) in [6.07, 6.45) is 4.77. The molecule has 5 fully saturated rings. The molecule has 0 aromatic carbocycles. The number of hydrogen-bond donors (Lipinski definition) is 1. The highest BCUT2D eigenvalue weighted by molar-refractivity contribution is 8.14. The summed E-state index contributed by atoms with van der Waals surface area (Å²) in [5.74, 6) is -1.70. The first kappa shape index (κ1) is 26.6. The van der Waals surface area contributed by atoms with Gasteiger partial charge in [0.05, 0.1) is 24.0 Å². The van der Waals surface area contributed by atoms with Crippen LogP contribution < -0.4 is 0 Å². The van der Waals surface area contributed by atoms with Crippen LogP contribution in [0.4, 0.5) is 8.78 Å².